The van der Waals surface area contributed by atoms with Crippen molar-refractivity contribution in [3.8, 4) is 5.75 Å². The van der Waals surface area contributed by atoms with Gasteiger partial charge in [0.05, 0.1) is 19.1 Å². The van der Waals surface area contributed by atoms with Crippen molar-refractivity contribution in [1.82, 2.24) is 0 Å². The van der Waals surface area contributed by atoms with Gasteiger partial charge in [0.2, 0.25) is 0 Å². The highest BCUT2D eigenvalue weighted by Gasteiger charge is 2.21. The molecule has 1 saturated carbocycles. The summed E-state index contributed by atoms with van der Waals surface area (Å²) >= 11 is 0. The molecule has 0 radical (unpaired) electrons. The fourth-order valence-electron chi connectivity index (χ4n) is 2.04. The van der Waals surface area contributed by atoms with Crippen molar-refractivity contribution in [1.29, 1.82) is 0 Å². The second-order valence-electron chi connectivity index (χ2n) is 5.59. The highest BCUT2D eigenvalue weighted by Crippen LogP contribution is 2.29. The summed E-state index contributed by atoms with van der Waals surface area (Å²) in [5.41, 5.74) is 1.24. The lowest BCUT2D eigenvalue weighted by molar-refractivity contribution is -0.147. The highest BCUT2D eigenvalue weighted by atomic mass is 16.5. The van der Waals surface area contributed by atoms with Crippen molar-refractivity contribution in [3.05, 3.63) is 29.8 Å². The Morgan fingerprint density at radius 3 is 2.60 bits per heavy atom. The normalized spacial score (nSPS) is 15.7. The standard InChI is InChI=1S/C17H24O3/c1-3-19-17(18)13(2)4-5-14-8-10-16(11-9-14)20-12-15-6-7-15/h8-11,13,15H,3-7,12H2,1-2H3. The van der Waals surface area contributed by atoms with E-state index in [0.29, 0.717) is 6.61 Å². The van der Waals surface area contributed by atoms with E-state index in [1.165, 1.54) is 18.4 Å². The zero-order chi connectivity index (χ0) is 14.4. The predicted octanol–water partition coefficient (Wildman–Crippen LogP) is 3.61. The molecule has 0 aliphatic heterocycles. The quantitative estimate of drug-likeness (QED) is 0.680. The van der Waals surface area contributed by atoms with Crippen LogP contribution in [0.3, 0.4) is 0 Å². The van der Waals surface area contributed by atoms with Crippen molar-refractivity contribution in [2.45, 2.75) is 39.5 Å². The molecular formula is C17H24O3. The molecule has 0 amide bonds. The van der Waals surface area contributed by atoms with Crippen LogP contribution in [0.2, 0.25) is 0 Å². The van der Waals surface area contributed by atoms with Crippen LogP contribution in [-0.2, 0) is 16.0 Å². The lowest BCUT2D eigenvalue weighted by atomic mass is 10.0. The van der Waals surface area contributed by atoms with Crippen molar-refractivity contribution >= 4 is 5.97 Å². The van der Waals surface area contributed by atoms with Gasteiger partial charge in [0.1, 0.15) is 5.75 Å². The Bertz CT molecular complexity index is 420. The minimum absolute atomic E-state index is 0.0410. The number of ether oxygens (including phenoxy) is 2. The molecule has 3 nitrogen and oxygen atoms in total. The fourth-order valence-corrected chi connectivity index (χ4v) is 2.04. The molecular weight excluding hydrogens is 252 g/mol. The summed E-state index contributed by atoms with van der Waals surface area (Å²) < 4.78 is 10.7. The molecule has 110 valence electrons. The third-order valence-electron chi connectivity index (χ3n) is 3.66. The van der Waals surface area contributed by atoms with Crippen LogP contribution >= 0.6 is 0 Å². The molecule has 1 aromatic rings. The summed E-state index contributed by atoms with van der Waals surface area (Å²) in [5, 5.41) is 0. The third kappa shape index (κ3) is 4.87. The first kappa shape index (κ1) is 14.9. The minimum atomic E-state index is -0.100. The second kappa shape index (κ2) is 7.32. The Balaban J connectivity index is 1.73. The third-order valence-corrected chi connectivity index (χ3v) is 3.66. The second-order valence-corrected chi connectivity index (χ2v) is 5.59. The van der Waals surface area contributed by atoms with Gasteiger partial charge in [-0.3, -0.25) is 4.79 Å². The monoisotopic (exact) mass is 276 g/mol. The van der Waals surface area contributed by atoms with Crippen LogP contribution in [0, 0.1) is 11.8 Å². The number of benzene rings is 1. The van der Waals surface area contributed by atoms with Crippen LogP contribution in [0.5, 0.6) is 5.75 Å². The van der Waals surface area contributed by atoms with E-state index in [1.54, 1.807) is 0 Å². The van der Waals surface area contributed by atoms with E-state index in [4.69, 9.17) is 9.47 Å². The average molecular weight is 276 g/mol. The Morgan fingerprint density at radius 2 is 2.00 bits per heavy atom. The molecule has 0 saturated heterocycles. The molecule has 1 aliphatic carbocycles. The van der Waals surface area contributed by atoms with Crippen LogP contribution in [0.15, 0.2) is 24.3 Å². The van der Waals surface area contributed by atoms with Gasteiger partial charge in [0.25, 0.3) is 0 Å². The molecule has 1 atom stereocenters. The topological polar surface area (TPSA) is 35.5 Å². The van der Waals surface area contributed by atoms with Crippen LogP contribution in [0.1, 0.15) is 38.7 Å². The van der Waals surface area contributed by atoms with Gasteiger partial charge in [-0.2, -0.15) is 0 Å². The highest BCUT2D eigenvalue weighted by molar-refractivity contribution is 5.71. The maximum absolute atomic E-state index is 11.5. The van der Waals surface area contributed by atoms with Crippen molar-refractivity contribution in [2.75, 3.05) is 13.2 Å². The molecule has 1 unspecified atom stereocenters. The Morgan fingerprint density at radius 1 is 1.30 bits per heavy atom. The first-order chi connectivity index (χ1) is 9.69. The molecule has 1 fully saturated rings. The molecule has 20 heavy (non-hydrogen) atoms. The van der Waals surface area contributed by atoms with E-state index in [1.807, 2.05) is 26.0 Å². The molecule has 1 aromatic carbocycles. The predicted molar refractivity (Wildman–Crippen MR) is 78.8 cm³/mol. The van der Waals surface area contributed by atoms with Gasteiger partial charge in [-0.1, -0.05) is 19.1 Å². The van der Waals surface area contributed by atoms with E-state index < -0.39 is 0 Å². The van der Waals surface area contributed by atoms with E-state index in [2.05, 4.69) is 12.1 Å². The molecule has 2 rings (SSSR count). The number of esters is 1. The summed E-state index contributed by atoms with van der Waals surface area (Å²) in [7, 11) is 0. The molecule has 0 aromatic heterocycles. The van der Waals surface area contributed by atoms with Crippen molar-refractivity contribution < 1.29 is 14.3 Å². The Kier molecular flexibility index (Phi) is 5.45. The molecule has 0 bridgehead atoms. The van der Waals surface area contributed by atoms with E-state index in [9.17, 15) is 4.79 Å². The van der Waals surface area contributed by atoms with Crippen molar-refractivity contribution in [3.63, 3.8) is 0 Å². The van der Waals surface area contributed by atoms with Crippen LogP contribution in [0.25, 0.3) is 0 Å². The van der Waals surface area contributed by atoms with Crippen LogP contribution in [-0.4, -0.2) is 19.2 Å². The first-order valence-corrected chi connectivity index (χ1v) is 7.57. The van der Waals surface area contributed by atoms with Crippen LogP contribution in [0.4, 0.5) is 0 Å². The van der Waals surface area contributed by atoms with E-state index in [-0.39, 0.29) is 11.9 Å². The van der Waals surface area contributed by atoms with Gasteiger partial charge >= 0.3 is 5.97 Å². The molecule has 0 heterocycles. The van der Waals surface area contributed by atoms with Gasteiger partial charge in [-0.25, -0.2) is 0 Å². The van der Waals surface area contributed by atoms with Gasteiger partial charge in [-0.05, 0) is 56.2 Å². The number of rotatable bonds is 8. The average Bonchev–Trinajstić information content (AvgIpc) is 3.28. The van der Waals surface area contributed by atoms with Gasteiger partial charge in [0, 0.05) is 0 Å². The molecule has 0 N–H and O–H groups in total. The molecule has 1 aliphatic rings. The van der Waals surface area contributed by atoms with Crippen molar-refractivity contribution in [2.24, 2.45) is 11.8 Å². The number of hydrogen-bond acceptors (Lipinski definition) is 3. The smallest absolute Gasteiger partial charge is 0.308 e. The fraction of sp³-hybridized carbons (Fsp3) is 0.588. The van der Waals surface area contributed by atoms with Gasteiger partial charge < -0.3 is 9.47 Å². The van der Waals surface area contributed by atoms with Crippen LogP contribution < -0.4 is 4.74 Å². The zero-order valence-corrected chi connectivity index (χ0v) is 12.4. The first-order valence-electron chi connectivity index (χ1n) is 7.57. The number of hydrogen-bond donors (Lipinski definition) is 0. The number of carbonyl (C=O) groups excluding carboxylic acids is 1. The van der Waals surface area contributed by atoms with E-state index >= 15 is 0 Å². The Hall–Kier alpha value is -1.51. The summed E-state index contributed by atoms with van der Waals surface area (Å²) in [6.45, 7) is 5.06. The Labute approximate surface area is 121 Å². The lowest BCUT2D eigenvalue weighted by Crippen LogP contribution is -2.15. The maximum Gasteiger partial charge on any atom is 0.308 e. The molecule has 3 heteroatoms. The van der Waals surface area contributed by atoms with Gasteiger partial charge in [0.15, 0.2) is 0 Å². The lowest BCUT2D eigenvalue weighted by Gasteiger charge is -2.10. The van der Waals surface area contributed by atoms with Gasteiger partial charge in [-0.15, -0.1) is 0 Å². The minimum Gasteiger partial charge on any atom is -0.493 e. The molecule has 0 spiro atoms. The summed E-state index contributed by atoms with van der Waals surface area (Å²) in [6, 6.07) is 8.21. The summed E-state index contributed by atoms with van der Waals surface area (Å²) in [4.78, 5) is 11.5. The largest absolute Gasteiger partial charge is 0.493 e. The summed E-state index contributed by atoms with van der Waals surface area (Å²) in [5.74, 6) is 1.58. The summed E-state index contributed by atoms with van der Waals surface area (Å²) in [6.07, 6.45) is 4.33. The maximum atomic E-state index is 11.5. The number of aryl methyl sites for hydroxylation is 1. The SMILES string of the molecule is CCOC(=O)C(C)CCc1ccc(OCC2CC2)cc1. The number of carbonyl (C=O) groups is 1. The van der Waals surface area contributed by atoms with E-state index in [0.717, 1.165) is 31.1 Å². The zero-order valence-electron chi connectivity index (χ0n) is 12.4.